The van der Waals surface area contributed by atoms with E-state index < -0.39 is 0 Å². The number of hydrogen-bond donors (Lipinski definition) is 0. The first kappa shape index (κ1) is 21.0. The molecule has 0 unspecified atom stereocenters. The first-order chi connectivity index (χ1) is 18.8. The molecule has 0 aliphatic carbocycles. The zero-order valence-corrected chi connectivity index (χ0v) is 20.8. The van der Waals surface area contributed by atoms with Crippen molar-refractivity contribution < 1.29 is 0 Å². The van der Waals surface area contributed by atoms with Crippen LogP contribution in [0.25, 0.3) is 66.0 Å². The maximum atomic E-state index is 2.39. The molecular weight excluding hydrogens is 460 g/mol. The largest absolute Gasteiger partial charge is 0.317 e. The van der Waals surface area contributed by atoms with Gasteiger partial charge in [-0.05, 0) is 81.9 Å². The van der Waals surface area contributed by atoms with E-state index in [2.05, 4.69) is 155 Å². The molecule has 8 rings (SSSR count). The fraction of sp³-hybridized carbons (Fsp3) is 0. The summed E-state index contributed by atoms with van der Waals surface area (Å²) >= 11 is 0. The van der Waals surface area contributed by atoms with Crippen molar-refractivity contribution in [3.8, 4) is 22.5 Å². The van der Waals surface area contributed by atoms with Gasteiger partial charge in [-0.1, -0.05) is 84.9 Å². The van der Waals surface area contributed by atoms with Crippen LogP contribution in [0.3, 0.4) is 0 Å². The molecule has 2 aromatic heterocycles. The van der Waals surface area contributed by atoms with Gasteiger partial charge >= 0.3 is 0 Å². The third-order valence-electron chi connectivity index (χ3n) is 7.75. The van der Waals surface area contributed by atoms with E-state index in [0.29, 0.717) is 0 Å². The maximum absolute atomic E-state index is 2.39. The van der Waals surface area contributed by atoms with Crippen molar-refractivity contribution in [2.45, 2.75) is 0 Å². The molecule has 2 nitrogen and oxygen atoms in total. The van der Waals surface area contributed by atoms with Crippen molar-refractivity contribution in [3.05, 3.63) is 146 Å². The highest BCUT2D eigenvalue weighted by Gasteiger charge is 2.15. The predicted molar refractivity (Wildman–Crippen MR) is 161 cm³/mol. The number of fused-ring (bicyclic) bond motifs is 6. The van der Waals surface area contributed by atoms with Gasteiger partial charge in [-0.25, -0.2) is 0 Å². The molecular formula is C36H24N2. The lowest BCUT2D eigenvalue weighted by Gasteiger charge is -2.09. The molecule has 2 heteroatoms. The van der Waals surface area contributed by atoms with E-state index in [4.69, 9.17) is 0 Å². The van der Waals surface area contributed by atoms with Crippen molar-refractivity contribution in [3.63, 3.8) is 0 Å². The van der Waals surface area contributed by atoms with Gasteiger partial charge in [0.2, 0.25) is 0 Å². The summed E-state index contributed by atoms with van der Waals surface area (Å²) in [5.41, 5.74) is 8.47. The van der Waals surface area contributed by atoms with Crippen molar-refractivity contribution in [2.75, 3.05) is 0 Å². The van der Waals surface area contributed by atoms with E-state index >= 15 is 0 Å². The van der Waals surface area contributed by atoms with Crippen LogP contribution in [0.15, 0.2) is 146 Å². The van der Waals surface area contributed by atoms with Crippen molar-refractivity contribution in [1.29, 1.82) is 0 Å². The van der Waals surface area contributed by atoms with E-state index in [9.17, 15) is 0 Å². The number of rotatable bonds is 3. The smallest absolute Gasteiger partial charge is 0.0547 e. The SMILES string of the molecule is c1ccc(-n2c3ccc(-c4ccc(-n5ccc6ccccc65)cc4)cc3c3c4ccccc4ccc32)cc1. The van der Waals surface area contributed by atoms with Gasteiger partial charge in [-0.2, -0.15) is 0 Å². The Kier molecular flexibility index (Phi) is 4.55. The summed E-state index contributed by atoms with van der Waals surface area (Å²) in [6.07, 6.45) is 2.15. The highest BCUT2D eigenvalue weighted by atomic mass is 15.0. The zero-order chi connectivity index (χ0) is 25.1. The third kappa shape index (κ3) is 3.14. The van der Waals surface area contributed by atoms with Gasteiger partial charge in [0, 0.05) is 28.3 Å². The topological polar surface area (TPSA) is 9.86 Å². The number of hydrogen-bond acceptors (Lipinski definition) is 0. The van der Waals surface area contributed by atoms with Crippen LogP contribution in [0.2, 0.25) is 0 Å². The molecule has 0 N–H and O–H groups in total. The van der Waals surface area contributed by atoms with Gasteiger partial charge in [0.1, 0.15) is 0 Å². The molecule has 0 amide bonds. The van der Waals surface area contributed by atoms with Gasteiger partial charge in [-0.15, -0.1) is 0 Å². The van der Waals surface area contributed by atoms with E-state index in [0.717, 1.165) is 0 Å². The molecule has 0 radical (unpaired) electrons. The molecule has 0 atom stereocenters. The molecule has 0 bridgehead atoms. The Hall–Kier alpha value is -5.08. The van der Waals surface area contributed by atoms with Crippen LogP contribution in [0.5, 0.6) is 0 Å². The predicted octanol–water partition coefficient (Wildman–Crippen LogP) is 9.55. The number of aromatic nitrogens is 2. The summed E-state index contributed by atoms with van der Waals surface area (Å²) in [4.78, 5) is 0. The number of para-hydroxylation sites is 2. The Morgan fingerprint density at radius 3 is 1.97 bits per heavy atom. The minimum Gasteiger partial charge on any atom is -0.317 e. The number of benzene rings is 6. The molecule has 2 heterocycles. The average molecular weight is 485 g/mol. The Balaban J connectivity index is 1.33. The second-order valence-electron chi connectivity index (χ2n) is 9.88. The number of nitrogens with zero attached hydrogens (tertiary/aromatic N) is 2. The van der Waals surface area contributed by atoms with Gasteiger partial charge < -0.3 is 9.13 Å². The fourth-order valence-corrected chi connectivity index (χ4v) is 5.95. The lowest BCUT2D eigenvalue weighted by atomic mass is 10.00. The summed E-state index contributed by atoms with van der Waals surface area (Å²) < 4.78 is 4.64. The Bertz CT molecular complexity index is 2110. The molecule has 0 saturated heterocycles. The van der Waals surface area contributed by atoms with Crippen LogP contribution in [0, 0.1) is 0 Å². The van der Waals surface area contributed by atoms with Gasteiger partial charge in [0.15, 0.2) is 0 Å². The van der Waals surface area contributed by atoms with Crippen LogP contribution in [-0.2, 0) is 0 Å². The Labute approximate surface area is 220 Å². The van der Waals surface area contributed by atoms with Crippen molar-refractivity contribution in [2.24, 2.45) is 0 Å². The standard InChI is InChI=1S/C36H24N2/c1-2-10-30(11-3-1)38-34-20-17-28(24-32(34)36-31-12-6-4-8-26(31)16-21-35(36)38)25-14-18-29(19-15-25)37-23-22-27-9-5-7-13-33(27)37/h1-24H. The molecule has 0 spiro atoms. The van der Waals surface area contributed by atoms with Crippen LogP contribution >= 0.6 is 0 Å². The zero-order valence-electron chi connectivity index (χ0n) is 20.8. The fourth-order valence-electron chi connectivity index (χ4n) is 5.95. The first-order valence-electron chi connectivity index (χ1n) is 13.0. The van der Waals surface area contributed by atoms with Crippen LogP contribution in [0.4, 0.5) is 0 Å². The second-order valence-corrected chi connectivity index (χ2v) is 9.88. The second kappa shape index (κ2) is 8.22. The molecule has 8 aromatic rings. The van der Waals surface area contributed by atoms with Crippen LogP contribution < -0.4 is 0 Å². The summed E-state index contributed by atoms with van der Waals surface area (Å²) in [7, 11) is 0. The van der Waals surface area contributed by atoms with E-state index in [1.54, 1.807) is 0 Å². The normalized spacial score (nSPS) is 11.7. The molecule has 38 heavy (non-hydrogen) atoms. The van der Waals surface area contributed by atoms with Crippen LogP contribution in [0.1, 0.15) is 0 Å². The van der Waals surface area contributed by atoms with E-state index in [1.165, 1.54) is 66.0 Å². The molecule has 6 aromatic carbocycles. The minimum absolute atomic E-state index is 1.17. The summed E-state index contributed by atoms with van der Waals surface area (Å²) in [6, 6.07) is 50.4. The molecule has 0 aliphatic rings. The molecule has 0 fully saturated rings. The summed E-state index contributed by atoms with van der Waals surface area (Å²) in [6.45, 7) is 0. The van der Waals surface area contributed by atoms with Gasteiger partial charge in [-0.3, -0.25) is 0 Å². The minimum atomic E-state index is 1.17. The van der Waals surface area contributed by atoms with Crippen molar-refractivity contribution >= 4 is 43.5 Å². The molecule has 0 aliphatic heterocycles. The highest BCUT2D eigenvalue weighted by molar-refractivity contribution is 6.21. The van der Waals surface area contributed by atoms with Crippen LogP contribution in [-0.4, -0.2) is 9.13 Å². The molecule has 178 valence electrons. The van der Waals surface area contributed by atoms with E-state index in [1.807, 2.05) is 0 Å². The summed E-state index contributed by atoms with van der Waals surface area (Å²) in [5, 5.41) is 6.39. The van der Waals surface area contributed by atoms with E-state index in [-0.39, 0.29) is 0 Å². The first-order valence-corrected chi connectivity index (χ1v) is 13.0. The molecule has 0 saturated carbocycles. The monoisotopic (exact) mass is 484 g/mol. The maximum Gasteiger partial charge on any atom is 0.0547 e. The highest BCUT2D eigenvalue weighted by Crippen LogP contribution is 2.38. The van der Waals surface area contributed by atoms with Crippen molar-refractivity contribution in [1.82, 2.24) is 9.13 Å². The Morgan fingerprint density at radius 2 is 1.11 bits per heavy atom. The lowest BCUT2D eigenvalue weighted by Crippen LogP contribution is -1.93. The Morgan fingerprint density at radius 1 is 0.395 bits per heavy atom. The summed E-state index contributed by atoms with van der Waals surface area (Å²) in [5.74, 6) is 0. The quantitative estimate of drug-likeness (QED) is 0.236. The average Bonchev–Trinajstić information content (AvgIpc) is 3.57. The van der Waals surface area contributed by atoms with Gasteiger partial charge in [0.05, 0.1) is 16.6 Å². The third-order valence-corrected chi connectivity index (χ3v) is 7.75. The van der Waals surface area contributed by atoms with Gasteiger partial charge in [0.25, 0.3) is 0 Å². The lowest BCUT2D eigenvalue weighted by molar-refractivity contribution is 1.13.